The molecule has 2 nitrogen and oxygen atoms in total. The molecule has 1 rings (SSSR count). The fourth-order valence-corrected chi connectivity index (χ4v) is 1.45. The minimum atomic E-state index is 0.0331. The van der Waals surface area contributed by atoms with E-state index in [2.05, 4.69) is 19.2 Å². The molecule has 80 valence electrons. The van der Waals surface area contributed by atoms with E-state index in [0.717, 1.165) is 4.90 Å². The van der Waals surface area contributed by atoms with Gasteiger partial charge in [-0.1, -0.05) is 6.08 Å². The maximum absolute atomic E-state index is 11.9. The smallest absolute Gasteiger partial charge is 0.254 e. The van der Waals surface area contributed by atoms with Crippen LogP contribution < -0.4 is 0 Å². The van der Waals surface area contributed by atoms with Crippen LogP contribution in [0.25, 0.3) is 0 Å². The summed E-state index contributed by atoms with van der Waals surface area (Å²) in [5.74, 6) is 0.0331. The number of carbonyl (C=O) groups excluding carboxylic acids is 1. The zero-order chi connectivity index (χ0) is 11.3. The van der Waals surface area contributed by atoms with Gasteiger partial charge in [0.05, 0.1) is 0 Å². The molecule has 15 heavy (non-hydrogen) atoms. The fourth-order valence-electron chi connectivity index (χ4n) is 1.30. The summed E-state index contributed by atoms with van der Waals surface area (Å²) in [4.78, 5) is 14.5. The number of thiol groups is 1. The van der Waals surface area contributed by atoms with Crippen molar-refractivity contribution in [3.63, 3.8) is 0 Å². The number of benzene rings is 1. The molecule has 1 aromatic rings. The van der Waals surface area contributed by atoms with Crippen molar-refractivity contribution in [1.82, 2.24) is 4.90 Å². The van der Waals surface area contributed by atoms with Crippen LogP contribution in [0.4, 0.5) is 0 Å². The Morgan fingerprint density at radius 3 is 2.53 bits per heavy atom. The average molecular weight is 221 g/mol. The third-order valence-electron chi connectivity index (χ3n) is 2.13. The van der Waals surface area contributed by atoms with E-state index < -0.39 is 0 Å². The first kappa shape index (κ1) is 11.9. The third-order valence-corrected chi connectivity index (χ3v) is 2.43. The average Bonchev–Trinajstić information content (AvgIpc) is 2.26. The standard InChI is InChI=1S/C12H15NOS/c1-3-9-13(4-2)12(14)10-5-7-11(15)8-6-10/h3,5-8,15H,1,4,9H2,2H3. The van der Waals surface area contributed by atoms with E-state index in [1.165, 1.54) is 0 Å². The van der Waals surface area contributed by atoms with Crippen LogP contribution in [0.15, 0.2) is 41.8 Å². The number of amides is 1. The lowest BCUT2D eigenvalue weighted by Gasteiger charge is -2.18. The van der Waals surface area contributed by atoms with Crippen molar-refractivity contribution in [2.75, 3.05) is 13.1 Å². The maximum Gasteiger partial charge on any atom is 0.254 e. The van der Waals surface area contributed by atoms with Gasteiger partial charge < -0.3 is 4.90 Å². The maximum atomic E-state index is 11.9. The zero-order valence-corrected chi connectivity index (χ0v) is 9.71. The van der Waals surface area contributed by atoms with Crippen molar-refractivity contribution >= 4 is 18.5 Å². The van der Waals surface area contributed by atoms with Gasteiger partial charge in [0.25, 0.3) is 5.91 Å². The predicted octanol–water partition coefficient (Wildman–Crippen LogP) is 2.62. The number of carbonyl (C=O) groups is 1. The molecule has 3 heteroatoms. The van der Waals surface area contributed by atoms with E-state index in [9.17, 15) is 4.79 Å². The van der Waals surface area contributed by atoms with Gasteiger partial charge in [-0.15, -0.1) is 19.2 Å². The summed E-state index contributed by atoms with van der Waals surface area (Å²) in [6.45, 7) is 6.85. The zero-order valence-electron chi connectivity index (χ0n) is 8.81. The molecule has 1 aromatic carbocycles. The van der Waals surface area contributed by atoms with Gasteiger partial charge in [0.2, 0.25) is 0 Å². The summed E-state index contributed by atoms with van der Waals surface area (Å²) < 4.78 is 0. The van der Waals surface area contributed by atoms with Crippen molar-refractivity contribution in [3.8, 4) is 0 Å². The first-order valence-corrected chi connectivity index (χ1v) is 5.33. The lowest BCUT2D eigenvalue weighted by Crippen LogP contribution is -2.30. The summed E-state index contributed by atoms with van der Waals surface area (Å²) in [7, 11) is 0. The molecule has 0 aliphatic heterocycles. The summed E-state index contributed by atoms with van der Waals surface area (Å²) in [6.07, 6.45) is 1.73. The monoisotopic (exact) mass is 221 g/mol. The van der Waals surface area contributed by atoms with E-state index >= 15 is 0 Å². The Hall–Kier alpha value is -1.22. The van der Waals surface area contributed by atoms with Gasteiger partial charge in [-0.3, -0.25) is 4.79 Å². The van der Waals surface area contributed by atoms with Crippen molar-refractivity contribution in [3.05, 3.63) is 42.5 Å². The van der Waals surface area contributed by atoms with Gasteiger partial charge in [-0.05, 0) is 31.2 Å². The Balaban J connectivity index is 2.82. The molecule has 0 saturated carbocycles. The normalized spacial score (nSPS) is 9.73. The Morgan fingerprint density at radius 1 is 1.47 bits per heavy atom. The molecule has 0 fully saturated rings. The molecular weight excluding hydrogens is 206 g/mol. The van der Waals surface area contributed by atoms with E-state index in [-0.39, 0.29) is 5.91 Å². The number of rotatable bonds is 4. The summed E-state index contributed by atoms with van der Waals surface area (Å²) in [5.41, 5.74) is 0.691. The third kappa shape index (κ3) is 3.13. The number of likely N-dealkylation sites (N-methyl/N-ethyl adjacent to an activating group) is 1. The first-order valence-electron chi connectivity index (χ1n) is 4.88. The molecule has 0 aromatic heterocycles. The van der Waals surface area contributed by atoms with Crippen LogP contribution >= 0.6 is 12.6 Å². The van der Waals surface area contributed by atoms with E-state index in [1.807, 2.05) is 19.1 Å². The molecule has 0 saturated heterocycles. The number of hydrogen-bond acceptors (Lipinski definition) is 2. The van der Waals surface area contributed by atoms with Gasteiger partial charge in [0, 0.05) is 23.5 Å². The van der Waals surface area contributed by atoms with E-state index in [1.54, 1.807) is 23.1 Å². The van der Waals surface area contributed by atoms with Crippen molar-refractivity contribution in [2.45, 2.75) is 11.8 Å². The lowest BCUT2D eigenvalue weighted by molar-refractivity contribution is 0.0782. The molecule has 0 heterocycles. The highest BCUT2D eigenvalue weighted by molar-refractivity contribution is 7.80. The minimum Gasteiger partial charge on any atom is -0.335 e. The highest BCUT2D eigenvalue weighted by Crippen LogP contribution is 2.10. The summed E-state index contributed by atoms with van der Waals surface area (Å²) >= 11 is 4.17. The van der Waals surface area contributed by atoms with Crippen LogP contribution in [-0.4, -0.2) is 23.9 Å². The Morgan fingerprint density at radius 2 is 2.07 bits per heavy atom. The second-order valence-electron chi connectivity index (χ2n) is 3.18. The molecule has 0 bridgehead atoms. The van der Waals surface area contributed by atoms with Crippen molar-refractivity contribution < 1.29 is 4.79 Å². The largest absolute Gasteiger partial charge is 0.335 e. The van der Waals surface area contributed by atoms with Crippen molar-refractivity contribution in [2.24, 2.45) is 0 Å². The van der Waals surface area contributed by atoms with Crippen LogP contribution in [0.2, 0.25) is 0 Å². The molecular formula is C12H15NOS. The number of hydrogen-bond donors (Lipinski definition) is 1. The van der Waals surface area contributed by atoms with Gasteiger partial charge in [-0.25, -0.2) is 0 Å². The van der Waals surface area contributed by atoms with Gasteiger partial charge >= 0.3 is 0 Å². The van der Waals surface area contributed by atoms with Gasteiger partial charge in [0.1, 0.15) is 0 Å². The van der Waals surface area contributed by atoms with E-state index in [0.29, 0.717) is 18.7 Å². The van der Waals surface area contributed by atoms with Crippen LogP contribution in [0.3, 0.4) is 0 Å². The van der Waals surface area contributed by atoms with Crippen LogP contribution in [0.5, 0.6) is 0 Å². The van der Waals surface area contributed by atoms with Crippen LogP contribution in [-0.2, 0) is 0 Å². The Kier molecular flexibility index (Phi) is 4.43. The highest BCUT2D eigenvalue weighted by Gasteiger charge is 2.11. The van der Waals surface area contributed by atoms with E-state index in [4.69, 9.17) is 0 Å². The lowest BCUT2D eigenvalue weighted by atomic mass is 10.2. The molecule has 0 unspecified atom stereocenters. The Labute approximate surface area is 96.0 Å². The highest BCUT2D eigenvalue weighted by atomic mass is 32.1. The van der Waals surface area contributed by atoms with Crippen molar-refractivity contribution in [1.29, 1.82) is 0 Å². The van der Waals surface area contributed by atoms with Crippen LogP contribution in [0.1, 0.15) is 17.3 Å². The number of nitrogens with zero attached hydrogens (tertiary/aromatic N) is 1. The molecule has 0 aliphatic rings. The molecule has 1 amide bonds. The SMILES string of the molecule is C=CCN(CC)C(=O)c1ccc(S)cc1. The minimum absolute atomic E-state index is 0.0331. The topological polar surface area (TPSA) is 20.3 Å². The first-order chi connectivity index (χ1) is 7.19. The second-order valence-corrected chi connectivity index (χ2v) is 3.70. The molecule has 0 atom stereocenters. The quantitative estimate of drug-likeness (QED) is 0.612. The molecule has 0 radical (unpaired) electrons. The predicted molar refractivity (Wildman–Crippen MR) is 65.5 cm³/mol. The van der Waals surface area contributed by atoms with Crippen LogP contribution in [0, 0.1) is 0 Å². The second kappa shape index (κ2) is 5.61. The van der Waals surface area contributed by atoms with Gasteiger partial charge in [-0.2, -0.15) is 0 Å². The molecule has 0 aliphatic carbocycles. The Bertz CT molecular complexity index is 345. The summed E-state index contributed by atoms with van der Waals surface area (Å²) in [5, 5.41) is 0. The summed E-state index contributed by atoms with van der Waals surface area (Å²) in [6, 6.07) is 7.21. The molecule has 0 N–H and O–H groups in total. The van der Waals surface area contributed by atoms with Gasteiger partial charge in [0.15, 0.2) is 0 Å². The molecule has 0 spiro atoms. The fraction of sp³-hybridized carbons (Fsp3) is 0.250.